The fourth-order valence-corrected chi connectivity index (χ4v) is 4.62. The lowest BCUT2D eigenvalue weighted by Gasteiger charge is -2.35. The SMILES string of the molecule is CCC/C=C\CCCCCCCCCCCCC(O)(C[N+](C)(C)C)P(=O)(O)O. The summed E-state index contributed by atoms with van der Waals surface area (Å²) in [6.45, 7) is 2.27. The Labute approximate surface area is 174 Å². The minimum atomic E-state index is -4.54. The normalized spacial score (nSPS) is 15.2. The van der Waals surface area contributed by atoms with Gasteiger partial charge in [-0.3, -0.25) is 4.57 Å². The molecule has 0 fully saturated rings. The van der Waals surface area contributed by atoms with E-state index >= 15 is 0 Å². The smallest absolute Gasteiger partial charge is 0.362 e. The van der Waals surface area contributed by atoms with Crippen LogP contribution >= 0.6 is 7.60 Å². The van der Waals surface area contributed by atoms with Crippen LogP contribution < -0.4 is 0 Å². The Morgan fingerprint density at radius 3 is 1.64 bits per heavy atom. The molecule has 0 spiro atoms. The van der Waals surface area contributed by atoms with E-state index in [0.29, 0.717) is 10.9 Å². The van der Waals surface area contributed by atoms with E-state index in [-0.39, 0.29) is 13.0 Å². The van der Waals surface area contributed by atoms with Gasteiger partial charge in [0, 0.05) is 0 Å². The summed E-state index contributed by atoms with van der Waals surface area (Å²) in [6.07, 6.45) is 20.0. The van der Waals surface area contributed by atoms with Gasteiger partial charge in [-0.15, -0.1) is 0 Å². The molecule has 1 atom stereocenters. The average molecular weight is 421 g/mol. The van der Waals surface area contributed by atoms with E-state index in [1.54, 1.807) is 0 Å². The van der Waals surface area contributed by atoms with Crippen LogP contribution in [0.5, 0.6) is 0 Å². The molecular formula is C22H47NO4P+. The van der Waals surface area contributed by atoms with Crippen molar-refractivity contribution in [3.8, 4) is 0 Å². The highest BCUT2D eigenvalue weighted by atomic mass is 31.2. The first-order valence-corrected chi connectivity index (χ1v) is 12.9. The standard InChI is InChI=1S/C22H46NO4P/c1-5-6-7-8-9-10-11-12-13-14-15-16-17-18-19-20-22(24,28(25,26)27)21-23(2,3)4/h7-8,24H,5-6,9-21H2,1-4H3,(H-,25,26,27)/p+1/b8-7-. The zero-order valence-electron chi connectivity index (χ0n) is 18.9. The number of quaternary nitrogens is 1. The summed E-state index contributed by atoms with van der Waals surface area (Å²) in [7, 11) is 0.975. The predicted molar refractivity (Wildman–Crippen MR) is 119 cm³/mol. The zero-order chi connectivity index (χ0) is 21.5. The maximum absolute atomic E-state index is 11.7. The molecule has 0 radical (unpaired) electrons. The molecule has 1 unspecified atom stereocenters. The lowest BCUT2D eigenvalue weighted by molar-refractivity contribution is -0.875. The number of allylic oxidation sites excluding steroid dienone is 2. The Morgan fingerprint density at radius 2 is 1.21 bits per heavy atom. The van der Waals surface area contributed by atoms with Crippen LogP contribution in [0, 0.1) is 0 Å². The van der Waals surface area contributed by atoms with E-state index in [4.69, 9.17) is 0 Å². The van der Waals surface area contributed by atoms with Gasteiger partial charge in [0.1, 0.15) is 6.54 Å². The van der Waals surface area contributed by atoms with Crippen molar-refractivity contribution in [1.82, 2.24) is 0 Å². The Balaban J connectivity index is 3.71. The summed E-state index contributed by atoms with van der Waals surface area (Å²) in [5.74, 6) is 0. The van der Waals surface area contributed by atoms with Crippen molar-refractivity contribution in [2.45, 2.75) is 102 Å². The molecule has 28 heavy (non-hydrogen) atoms. The number of rotatable bonds is 18. The van der Waals surface area contributed by atoms with Crippen LogP contribution in [0.15, 0.2) is 12.2 Å². The van der Waals surface area contributed by atoms with Gasteiger partial charge in [0.15, 0.2) is 0 Å². The first-order valence-electron chi connectivity index (χ1n) is 11.3. The van der Waals surface area contributed by atoms with E-state index in [0.717, 1.165) is 12.8 Å². The third-order valence-corrected chi connectivity index (χ3v) is 6.54. The van der Waals surface area contributed by atoms with E-state index in [9.17, 15) is 19.5 Å². The summed E-state index contributed by atoms with van der Waals surface area (Å²) in [6, 6.07) is 0. The van der Waals surface area contributed by atoms with E-state index in [2.05, 4.69) is 19.1 Å². The predicted octanol–water partition coefficient (Wildman–Crippen LogP) is 5.60. The number of aliphatic hydroxyl groups is 1. The van der Waals surface area contributed by atoms with E-state index in [1.807, 2.05) is 21.1 Å². The second-order valence-corrected chi connectivity index (χ2v) is 11.2. The van der Waals surface area contributed by atoms with Crippen LogP contribution in [-0.2, 0) is 4.57 Å². The van der Waals surface area contributed by atoms with Crippen LogP contribution in [0.4, 0.5) is 0 Å². The van der Waals surface area contributed by atoms with Gasteiger partial charge in [-0.2, -0.15) is 0 Å². The Hall–Kier alpha value is -0.190. The largest absolute Gasteiger partial charge is 0.373 e. The van der Waals surface area contributed by atoms with Crippen LogP contribution in [-0.4, -0.2) is 52.4 Å². The third kappa shape index (κ3) is 14.8. The minimum Gasteiger partial charge on any atom is -0.373 e. The van der Waals surface area contributed by atoms with Crippen LogP contribution in [0.1, 0.15) is 96.8 Å². The van der Waals surface area contributed by atoms with Crippen molar-refractivity contribution in [3.05, 3.63) is 12.2 Å². The molecule has 0 amide bonds. The molecule has 0 aliphatic rings. The molecule has 0 aliphatic heterocycles. The molecule has 3 N–H and O–H groups in total. The Bertz CT molecular complexity index is 456. The van der Waals surface area contributed by atoms with Gasteiger partial charge < -0.3 is 19.4 Å². The zero-order valence-corrected chi connectivity index (χ0v) is 19.8. The highest BCUT2D eigenvalue weighted by Crippen LogP contribution is 2.52. The van der Waals surface area contributed by atoms with E-state index in [1.165, 1.54) is 64.2 Å². The lowest BCUT2D eigenvalue weighted by Crippen LogP contribution is -2.49. The van der Waals surface area contributed by atoms with Crippen molar-refractivity contribution in [2.24, 2.45) is 0 Å². The van der Waals surface area contributed by atoms with Gasteiger partial charge in [0.2, 0.25) is 5.34 Å². The molecule has 0 aliphatic carbocycles. The van der Waals surface area contributed by atoms with Crippen LogP contribution in [0.3, 0.4) is 0 Å². The number of hydrogen-bond acceptors (Lipinski definition) is 2. The van der Waals surface area contributed by atoms with Gasteiger partial charge in [-0.1, -0.05) is 76.9 Å². The molecule has 0 heterocycles. The number of unbranched alkanes of at least 4 members (excludes halogenated alkanes) is 11. The van der Waals surface area contributed by atoms with Crippen LogP contribution in [0.25, 0.3) is 0 Å². The fourth-order valence-electron chi connectivity index (χ4n) is 3.56. The van der Waals surface area contributed by atoms with E-state index < -0.39 is 12.9 Å². The molecule has 6 heteroatoms. The van der Waals surface area contributed by atoms with Crippen molar-refractivity contribution < 1.29 is 23.9 Å². The maximum Gasteiger partial charge on any atom is 0.362 e. The first-order chi connectivity index (χ1) is 13.0. The van der Waals surface area contributed by atoms with Gasteiger partial charge in [-0.25, -0.2) is 0 Å². The summed E-state index contributed by atoms with van der Waals surface area (Å²) < 4.78 is 12.1. The molecule has 0 bridgehead atoms. The third-order valence-electron chi connectivity index (χ3n) is 5.09. The van der Waals surface area contributed by atoms with Crippen molar-refractivity contribution in [3.63, 3.8) is 0 Å². The summed E-state index contributed by atoms with van der Waals surface area (Å²) >= 11 is 0. The monoisotopic (exact) mass is 420 g/mol. The molecule has 0 aromatic carbocycles. The number of nitrogens with zero attached hydrogens (tertiary/aromatic N) is 1. The highest BCUT2D eigenvalue weighted by Gasteiger charge is 2.48. The van der Waals surface area contributed by atoms with Crippen molar-refractivity contribution in [2.75, 3.05) is 27.7 Å². The van der Waals surface area contributed by atoms with Crippen LogP contribution in [0.2, 0.25) is 0 Å². The van der Waals surface area contributed by atoms with Crippen molar-refractivity contribution in [1.29, 1.82) is 0 Å². The molecule has 5 nitrogen and oxygen atoms in total. The average Bonchev–Trinajstić information content (AvgIpc) is 2.56. The first kappa shape index (κ1) is 27.8. The quantitative estimate of drug-likeness (QED) is 0.117. The highest BCUT2D eigenvalue weighted by molar-refractivity contribution is 7.53. The Morgan fingerprint density at radius 1 is 0.786 bits per heavy atom. The van der Waals surface area contributed by atoms with Gasteiger partial charge >= 0.3 is 7.60 Å². The summed E-state index contributed by atoms with van der Waals surface area (Å²) in [5, 5.41) is 8.60. The molecule has 0 saturated carbocycles. The number of hydrogen-bond donors (Lipinski definition) is 3. The lowest BCUT2D eigenvalue weighted by atomic mass is 10.0. The van der Waals surface area contributed by atoms with Crippen molar-refractivity contribution >= 4 is 7.60 Å². The molecule has 0 aromatic rings. The molecule has 168 valence electrons. The topological polar surface area (TPSA) is 77.8 Å². The second kappa shape index (κ2) is 14.7. The fraction of sp³-hybridized carbons (Fsp3) is 0.909. The molecular weight excluding hydrogens is 373 g/mol. The van der Waals surface area contributed by atoms with Gasteiger partial charge in [-0.05, 0) is 32.1 Å². The van der Waals surface area contributed by atoms with Gasteiger partial charge in [0.25, 0.3) is 0 Å². The summed E-state index contributed by atoms with van der Waals surface area (Å²) in [4.78, 5) is 19.1. The second-order valence-electron chi connectivity index (χ2n) is 9.31. The summed E-state index contributed by atoms with van der Waals surface area (Å²) in [5.41, 5.74) is 0. The molecule has 0 rings (SSSR count). The minimum absolute atomic E-state index is 0.0612. The van der Waals surface area contributed by atoms with Gasteiger partial charge in [0.05, 0.1) is 21.1 Å². The Kier molecular flexibility index (Phi) is 14.6. The maximum atomic E-state index is 11.7. The molecule has 0 saturated heterocycles. The number of likely N-dealkylation sites (N-methyl/N-ethyl adjacent to an activating group) is 1. The molecule has 0 aromatic heterocycles.